The van der Waals surface area contributed by atoms with Gasteiger partial charge in [-0.3, -0.25) is 0 Å². The van der Waals surface area contributed by atoms with Gasteiger partial charge >= 0.3 is 0 Å². The lowest BCUT2D eigenvalue weighted by molar-refractivity contribution is -0.183. The molecule has 1 fully saturated rings. The monoisotopic (exact) mass is 342 g/mol. The molecule has 0 radical (unpaired) electrons. The lowest BCUT2D eigenvalue weighted by atomic mass is 10.0. The summed E-state index contributed by atoms with van der Waals surface area (Å²) < 4.78 is 16.9. The summed E-state index contributed by atoms with van der Waals surface area (Å²) in [6.07, 6.45) is 4.39. The average Bonchev–Trinajstić information content (AvgIpc) is 2.48. The van der Waals surface area contributed by atoms with Crippen LogP contribution in [-0.2, 0) is 21.2 Å². The predicted octanol–water partition coefficient (Wildman–Crippen LogP) is 4.06. The van der Waals surface area contributed by atoms with E-state index in [1.807, 2.05) is 6.07 Å². The van der Waals surface area contributed by atoms with Crippen LogP contribution < -0.4 is 4.74 Å². The summed E-state index contributed by atoms with van der Waals surface area (Å²) in [6.45, 7) is 2.94. The molecular formula is C16H23BrO3. The summed E-state index contributed by atoms with van der Waals surface area (Å²) in [4.78, 5) is 0. The maximum atomic E-state index is 5.98. The Morgan fingerprint density at radius 3 is 2.85 bits per heavy atom. The largest absolute Gasteiger partial charge is 0.497 e. The molecule has 0 N–H and O–H groups in total. The highest BCUT2D eigenvalue weighted by Crippen LogP contribution is 2.23. The van der Waals surface area contributed by atoms with Gasteiger partial charge in [-0.1, -0.05) is 22.0 Å². The minimum atomic E-state index is -0.0237. The van der Waals surface area contributed by atoms with E-state index in [9.17, 15) is 0 Å². The fourth-order valence-corrected chi connectivity index (χ4v) is 3.01. The first-order valence-corrected chi connectivity index (χ1v) is 8.34. The summed E-state index contributed by atoms with van der Waals surface area (Å²) >= 11 is 3.54. The Kier molecular flexibility index (Phi) is 6.33. The summed E-state index contributed by atoms with van der Waals surface area (Å²) in [5.41, 5.74) is 2.55. The number of methoxy groups -OCH3 is 1. The van der Waals surface area contributed by atoms with Crippen LogP contribution in [0.25, 0.3) is 0 Å². The number of alkyl halides is 1. The van der Waals surface area contributed by atoms with E-state index in [1.54, 1.807) is 7.11 Å². The van der Waals surface area contributed by atoms with Crippen LogP contribution in [0.5, 0.6) is 5.75 Å². The summed E-state index contributed by atoms with van der Waals surface area (Å²) in [5, 5.41) is 0.826. The van der Waals surface area contributed by atoms with Gasteiger partial charge in [0.15, 0.2) is 6.29 Å². The number of ether oxygens (including phenoxy) is 3. The number of hydrogen-bond donors (Lipinski definition) is 0. The summed E-state index contributed by atoms with van der Waals surface area (Å²) in [7, 11) is 1.69. The van der Waals surface area contributed by atoms with E-state index in [1.165, 1.54) is 17.5 Å². The van der Waals surface area contributed by atoms with E-state index in [0.29, 0.717) is 0 Å². The SMILES string of the molecule is COc1ccc(CC(C)OC2CCCCO2)c(CBr)c1. The summed E-state index contributed by atoms with van der Waals surface area (Å²) in [5.74, 6) is 0.896. The predicted molar refractivity (Wildman–Crippen MR) is 83.5 cm³/mol. The fourth-order valence-electron chi connectivity index (χ4n) is 2.49. The molecule has 1 aliphatic rings. The average molecular weight is 343 g/mol. The van der Waals surface area contributed by atoms with Crippen molar-refractivity contribution in [3.05, 3.63) is 29.3 Å². The van der Waals surface area contributed by atoms with E-state index in [2.05, 4.69) is 35.0 Å². The van der Waals surface area contributed by atoms with Crippen molar-refractivity contribution in [3.8, 4) is 5.75 Å². The molecule has 2 atom stereocenters. The summed E-state index contributed by atoms with van der Waals surface area (Å²) in [6, 6.07) is 6.20. The Balaban J connectivity index is 1.94. The molecule has 0 aliphatic carbocycles. The van der Waals surface area contributed by atoms with Gasteiger partial charge in [0.2, 0.25) is 0 Å². The lowest BCUT2D eigenvalue weighted by Gasteiger charge is -2.26. The number of halogens is 1. The molecule has 2 rings (SSSR count). The minimum absolute atomic E-state index is 0.0237. The molecule has 1 heterocycles. The van der Waals surface area contributed by atoms with E-state index < -0.39 is 0 Å². The molecule has 2 unspecified atom stereocenters. The second kappa shape index (κ2) is 8.01. The van der Waals surface area contributed by atoms with Gasteiger partial charge in [-0.15, -0.1) is 0 Å². The molecular weight excluding hydrogens is 320 g/mol. The number of rotatable bonds is 6. The number of benzene rings is 1. The van der Waals surface area contributed by atoms with Gasteiger partial charge < -0.3 is 14.2 Å². The molecule has 1 saturated heterocycles. The third-order valence-electron chi connectivity index (χ3n) is 3.59. The highest BCUT2D eigenvalue weighted by molar-refractivity contribution is 9.08. The minimum Gasteiger partial charge on any atom is -0.497 e. The van der Waals surface area contributed by atoms with Crippen molar-refractivity contribution in [3.63, 3.8) is 0 Å². The van der Waals surface area contributed by atoms with Crippen molar-refractivity contribution in [2.24, 2.45) is 0 Å². The first-order valence-electron chi connectivity index (χ1n) is 7.21. The zero-order valence-corrected chi connectivity index (χ0v) is 13.8. The van der Waals surface area contributed by atoms with Crippen LogP contribution in [0.15, 0.2) is 18.2 Å². The number of hydrogen-bond acceptors (Lipinski definition) is 3. The zero-order valence-electron chi connectivity index (χ0n) is 12.2. The molecule has 0 saturated carbocycles. The van der Waals surface area contributed by atoms with E-state index in [0.717, 1.165) is 36.9 Å². The topological polar surface area (TPSA) is 27.7 Å². The Morgan fingerprint density at radius 2 is 2.20 bits per heavy atom. The van der Waals surface area contributed by atoms with Crippen LogP contribution in [0, 0.1) is 0 Å². The second-order valence-corrected chi connectivity index (χ2v) is 5.78. The molecule has 0 aromatic heterocycles. The first kappa shape index (κ1) is 15.8. The smallest absolute Gasteiger partial charge is 0.157 e. The molecule has 1 aromatic carbocycles. The Bertz CT molecular complexity index is 416. The van der Waals surface area contributed by atoms with Crippen LogP contribution in [0.3, 0.4) is 0 Å². The quantitative estimate of drug-likeness (QED) is 0.729. The van der Waals surface area contributed by atoms with Crippen molar-refractivity contribution in [2.45, 2.75) is 50.3 Å². The molecule has 1 aliphatic heterocycles. The third kappa shape index (κ3) is 4.47. The molecule has 0 bridgehead atoms. The lowest BCUT2D eigenvalue weighted by Crippen LogP contribution is -2.27. The molecule has 0 amide bonds. The molecule has 4 heteroatoms. The van der Waals surface area contributed by atoms with Crippen LogP contribution >= 0.6 is 15.9 Å². The van der Waals surface area contributed by atoms with E-state index in [4.69, 9.17) is 14.2 Å². The van der Waals surface area contributed by atoms with Gasteiger partial charge in [0.25, 0.3) is 0 Å². The van der Waals surface area contributed by atoms with Crippen molar-refractivity contribution in [1.82, 2.24) is 0 Å². The third-order valence-corrected chi connectivity index (χ3v) is 4.19. The van der Waals surface area contributed by atoms with Gasteiger partial charge in [-0.25, -0.2) is 0 Å². The van der Waals surface area contributed by atoms with Crippen LogP contribution in [0.4, 0.5) is 0 Å². The van der Waals surface area contributed by atoms with E-state index in [-0.39, 0.29) is 12.4 Å². The van der Waals surface area contributed by atoms with Gasteiger partial charge in [0.1, 0.15) is 5.75 Å². The van der Waals surface area contributed by atoms with Gasteiger partial charge in [0.05, 0.1) is 13.2 Å². The van der Waals surface area contributed by atoms with Crippen molar-refractivity contribution in [1.29, 1.82) is 0 Å². The second-order valence-electron chi connectivity index (χ2n) is 5.22. The first-order chi connectivity index (χ1) is 9.72. The maximum Gasteiger partial charge on any atom is 0.157 e. The normalized spacial score (nSPS) is 20.6. The van der Waals surface area contributed by atoms with Gasteiger partial charge in [-0.05, 0) is 55.9 Å². The van der Waals surface area contributed by atoms with Crippen LogP contribution in [0.2, 0.25) is 0 Å². The van der Waals surface area contributed by atoms with Crippen molar-refractivity contribution >= 4 is 15.9 Å². The zero-order chi connectivity index (χ0) is 14.4. The maximum absolute atomic E-state index is 5.98. The van der Waals surface area contributed by atoms with Crippen molar-refractivity contribution in [2.75, 3.05) is 13.7 Å². The molecule has 112 valence electrons. The Morgan fingerprint density at radius 1 is 1.35 bits per heavy atom. The van der Waals surface area contributed by atoms with Crippen LogP contribution in [-0.4, -0.2) is 26.1 Å². The van der Waals surface area contributed by atoms with Crippen LogP contribution in [0.1, 0.15) is 37.3 Å². The molecule has 20 heavy (non-hydrogen) atoms. The van der Waals surface area contributed by atoms with Gasteiger partial charge in [0, 0.05) is 11.9 Å². The van der Waals surface area contributed by atoms with Crippen molar-refractivity contribution < 1.29 is 14.2 Å². The Hall–Kier alpha value is -0.580. The fraction of sp³-hybridized carbons (Fsp3) is 0.625. The highest BCUT2D eigenvalue weighted by Gasteiger charge is 2.18. The standard InChI is InChI=1S/C16H23BrO3/c1-12(20-16-5-3-4-8-19-16)9-13-6-7-15(18-2)10-14(13)11-17/h6-7,10,12,16H,3-5,8-9,11H2,1-2H3. The van der Waals surface area contributed by atoms with Gasteiger partial charge in [-0.2, -0.15) is 0 Å². The molecule has 1 aromatic rings. The van der Waals surface area contributed by atoms with E-state index >= 15 is 0 Å². The Labute approximate surface area is 129 Å². The molecule has 3 nitrogen and oxygen atoms in total. The molecule has 0 spiro atoms. The highest BCUT2D eigenvalue weighted by atomic mass is 79.9.